The molecule has 1 heteroatoms. The van der Waals surface area contributed by atoms with Crippen LogP contribution in [0.1, 0.15) is 216 Å². The Labute approximate surface area is 390 Å². The summed E-state index contributed by atoms with van der Waals surface area (Å²) in [6.07, 6.45) is 0. The van der Waals surface area contributed by atoms with Gasteiger partial charge < -0.3 is 0 Å². The molecule has 0 aliphatic carbocycles. The Morgan fingerprint density at radius 2 is 0.476 bits per heavy atom. The van der Waals surface area contributed by atoms with E-state index >= 15 is 0 Å². The van der Waals surface area contributed by atoms with Crippen LogP contribution in [-0.2, 0) is 37.9 Å². The first-order valence-corrected chi connectivity index (χ1v) is 25.8. The van der Waals surface area contributed by atoms with Crippen molar-refractivity contribution in [1.29, 1.82) is 0 Å². The third-order valence-corrected chi connectivity index (χ3v) is 19.4. The summed E-state index contributed by atoms with van der Waals surface area (Å²) in [4.78, 5) is 0. The van der Waals surface area contributed by atoms with Crippen LogP contribution in [0.3, 0.4) is 0 Å². The van der Waals surface area contributed by atoms with E-state index in [9.17, 15) is 0 Å². The summed E-state index contributed by atoms with van der Waals surface area (Å²) >= 11 is 0. The topological polar surface area (TPSA) is 0 Å². The SMILES string of the molecule is CC(C)[Si](C#CC#CC#CC#CC#CC(c1cc(C(C)(C)C)cc(C(C)(C)C)c1)(c1cc(C(C)(C)C)cc(C(C)(C)C)c1)c1cc(C(C)(C)C)cc(C(C)(C)C)c1)(C(C)C)C(C)C. The van der Waals surface area contributed by atoms with Crippen LogP contribution in [0.25, 0.3) is 0 Å². The summed E-state index contributed by atoms with van der Waals surface area (Å²) in [6.45, 7) is 55.6. The zero-order valence-electron chi connectivity index (χ0n) is 44.4. The van der Waals surface area contributed by atoms with Gasteiger partial charge in [-0.15, -0.1) is 5.54 Å². The zero-order chi connectivity index (χ0) is 48.4. The maximum absolute atomic E-state index is 3.97. The molecule has 0 spiro atoms. The smallest absolute Gasteiger partial charge is 0.116 e. The van der Waals surface area contributed by atoms with Gasteiger partial charge in [0.05, 0.1) is 0 Å². The van der Waals surface area contributed by atoms with Crippen LogP contribution in [0, 0.1) is 58.8 Å². The highest BCUT2D eigenvalue weighted by Gasteiger charge is 2.42. The molecule has 0 radical (unpaired) electrons. The van der Waals surface area contributed by atoms with E-state index in [1.165, 1.54) is 33.4 Å². The van der Waals surface area contributed by atoms with Crippen molar-refractivity contribution >= 4 is 8.07 Å². The van der Waals surface area contributed by atoms with Gasteiger partial charge in [0.2, 0.25) is 0 Å². The van der Waals surface area contributed by atoms with Crippen LogP contribution in [0.2, 0.25) is 16.6 Å². The largest absolute Gasteiger partial charge is 0.147 e. The molecule has 0 amide bonds. The van der Waals surface area contributed by atoms with Gasteiger partial charge >= 0.3 is 0 Å². The van der Waals surface area contributed by atoms with E-state index in [1.54, 1.807) is 0 Å². The van der Waals surface area contributed by atoms with Crippen molar-refractivity contribution < 1.29 is 0 Å². The second kappa shape index (κ2) is 19.0. The standard InChI is InChI=1S/C62H84Si/c1-44(2)63(45(3)4,46(5)6)34-32-30-28-26-25-27-29-31-33-62(53-38-47(56(7,8)9)35-48(39-53)57(10,11)12,54-40-49(58(13,14)15)36-50(41-54)59(16,17)18)55-42-51(60(19,20)21)37-52(43-55)61(22,23)24/h35-46H,1-24H3. The minimum atomic E-state index is -1.86. The average molecular weight is 857 g/mol. The quantitative estimate of drug-likeness (QED) is 0.132. The molecule has 0 bridgehead atoms. The number of hydrogen-bond acceptors (Lipinski definition) is 0. The molecule has 0 N–H and O–H groups in total. The Morgan fingerprint density at radius 1 is 0.286 bits per heavy atom. The van der Waals surface area contributed by atoms with Crippen molar-refractivity contribution in [1.82, 2.24) is 0 Å². The molecule has 336 valence electrons. The van der Waals surface area contributed by atoms with Gasteiger partial charge in [-0.1, -0.05) is 227 Å². The Hall–Kier alpha value is -4.32. The molecular weight excluding hydrogens is 773 g/mol. The summed E-state index contributed by atoms with van der Waals surface area (Å²) in [5, 5.41) is 0. The molecule has 0 nitrogen and oxygen atoms in total. The fraction of sp³-hybridized carbons (Fsp3) is 0.548. The highest BCUT2D eigenvalue weighted by Crippen LogP contribution is 2.47. The van der Waals surface area contributed by atoms with Crippen molar-refractivity contribution in [2.24, 2.45) is 0 Å². The molecular formula is C62H84Si. The van der Waals surface area contributed by atoms with Gasteiger partial charge in [-0.3, -0.25) is 0 Å². The molecule has 0 unspecified atom stereocenters. The van der Waals surface area contributed by atoms with Crippen LogP contribution in [0.5, 0.6) is 0 Å². The van der Waals surface area contributed by atoms with E-state index in [0.29, 0.717) is 16.6 Å². The highest BCUT2D eigenvalue weighted by atomic mass is 28.3. The first-order chi connectivity index (χ1) is 28.5. The van der Waals surface area contributed by atoms with E-state index in [0.717, 1.165) is 16.7 Å². The summed E-state index contributed by atoms with van der Waals surface area (Å²) in [7, 11) is -1.86. The van der Waals surface area contributed by atoms with Crippen LogP contribution >= 0.6 is 0 Å². The second-order valence-corrected chi connectivity index (χ2v) is 30.9. The summed E-state index contributed by atoms with van der Waals surface area (Å²) in [5.74, 6) is 28.8. The molecule has 0 aliphatic heterocycles. The van der Waals surface area contributed by atoms with Crippen LogP contribution < -0.4 is 0 Å². The molecule has 3 aromatic carbocycles. The maximum Gasteiger partial charge on any atom is 0.147 e. The molecule has 3 rings (SSSR count). The van der Waals surface area contributed by atoms with E-state index < -0.39 is 13.5 Å². The van der Waals surface area contributed by atoms with Crippen LogP contribution in [-0.4, -0.2) is 8.07 Å². The fourth-order valence-electron chi connectivity index (χ4n) is 8.73. The number of rotatable bonds is 6. The normalized spacial score (nSPS) is 12.9. The molecule has 0 saturated heterocycles. The van der Waals surface area contributed by atoms with Gasteiger partial charge in [0.25, 0.3) is 0 Å². The van der Waals surface area contributed by atoms with Gasteiger partial charge in [0.1, 0.15) is 13.5 Å². The van der Waals surface area contributed by atoms with Gasteiger partial charge in [-0.2, -0.15) is 0 Å². The van der Waals surface area contributed by atoms with Gasteiger partial charge in [0, 0.05) is 0 Å². The molecule has 0 saturated carbocycles. The van der Waals surface area contributed by atoms with Crippen molar-refractivity contribution in [2.45, 2.75) is 221 Å². The Morgan fingerprint density at radius 3 is 0.683 bits per heavy atom. The molecule has 3 aromatic rings. The second-order valence-electron chi connectivity index (χ2n) is 25.3. The summed E-state index contributed by atoms with van der Waals surface area (Å²) in [6, 6.07) is 21.9. The lowest BCUT2D eigenvalue weighted by Gasteiger charge is -2.38. The lowest BCUT2D eigenvalue weighted by molar-refractivity contribution is 0.558. The van der Waals surface area contributed by atoms with E-state index in [2.05, 4.69) is 280 Å². The van der Waals surface area contributed by atoms with Crippen molar-refractivity contribution in [2.75, 3.05) is 0 Å². The number of hydrogen-bond donors (Lipinski definition) is 0. The number of benzene rings is 3. The van der Waals surface area contributed by atoms with E-state index in [1.807, 2.05) is 0 Å². The Bertz CT molecular complexity index is 2140. The zero-order valence-corrected chi connectivity index (χ0v) is 45.4. The third kappa shape index (κ3) is 12.7. The van der Waals surface area contributed by atoms with Crippen molar-refractivity contribution in [3.05, 3.63) is 105 Å². The predicted molar refractivity (Wildman–Crippen MR) is 281 cm³/mol. The highest BCUT2D eigenvalue weighted by molar-refractivity contribution is 6.90. The fourth-order valence-corrected chi connectivity index (χ4v) is 13.9. The lowest BCUT2D eigenvalue weighted by Crippen LogP contribution is -2.43. The summed E-state index contributed by atoms with van der Waals surface area (Å²) in [5.41, 5.74) is 15.0. The minimum absolute atomic E-state index is 0.105. The van der Waals surface area contributed by atoms with Crippen LogP contribution in [0.4, 0.5) is 0 Å². The monoisotopic (exact) mass is 857 g/mol. The third-order valence-electron chi connectivity index (χ3n) is 13.1. The predicted octanol–water partition coefficient (Wildman–Crippen LogP) is 16.0. The molecule has 0 aromatic heterocycles. The van der Waals surface area contributed by atoms with Gasteiger partial charge in [-0.05, 0) is 147 Å². The Balaban J connectivity index is 2.68. The van der Waals surface area contributed by atoms with E-state index in [-0.39, 0.29) is 32.5 Å². The average Bonchev–Trinajstić information content (AvgIpc) is 3.12. The van der Waals surface area contributed by atoms with Crippen molar-refractivity contribution in [3.63, 3.8) is 0 Å². The maximum atomic E-state index is 3.97. The summed E-state index contributed by atoms with van der Waals surface area (Å²) < 4.78 is 0. The molecule has 0 heterocycles. The molecule has 0 fully saturated rings. The first kappa shape index (κ1) is 53.0. The Kier molecular flexibility index (Phi) is 16.0. The first-order valence-electron chi connectivity index (χ1n) is 23.5. The van der Waals surface area contributed by atoms with Gasteiger partial charge in [0.15, 0.2) is 0 Å². The van der Waals surface area contributed by atoms with Crippen molar-refractivity contribution in [3.8, 4) is 58.8 Å². The molecule has 0 atom stereocenters. The van der Waals surface area contributed by atoms with Gasteiger partial charge in [-0.25, -0.2) is 0 Å². The molecule has 0 aliphatic rings. The minimum Gasteiger partial charge on any atom is -0.116 e. The molecule has 63 heavy (non-hydrogen) atoms. The van der Waals surface area contributed by atoms with E-state index in [4.69, 9.17) is 0 Å². The lowest BCUT2D eigenvalue weighted by atomic mass is 9.64. The van der Waals surface area contributed by atoms with Crippen LogP contribution in [0.15, 0.2) is 54.6 Å².